The van der Waals surface area contributed by atoms with Crippen molar-refractivity contribution in [3.05, 3.63) is 54.7 Å². The van der Waals surface area contributed by atoms with Gasteiger partial charge in [0.05, 0.1) is 4.92 Å². The molecule has 0 aliphatic rings. The predicted octanol–water partition coefficient (Wildman–Crippen LogP) is 4.59. The molecular formula is C13H13BrN2O2S. The fourth-order valence-electron chi connectivity index (χ4n) is 1.78. The number of rotatable bonds is 5. The van der Waals surface area contributed by atoms with Gasteiger partial charge in [-0.3, -0.25) is 10.1 Å². The quantitative estimate of drug-likeness (QED) is 0.639. The van der Waals surface area contributed by atoms with E-state index in [1.807, 2.05) is 30.5 Å². The molecule has 1 aromatic heterocycles. The van der Waals surface area contributed by atoms with Gasteiger partial charge in [0.25, 0.3) is 5.69 Å². The van der Waals surface area contributed by atoms with Gasteiger partial charge in [-0.1, -0.05) is 13.0 Å². The van der Waals surface area contributed by atoms with E-state index in [0.717, 1.165) is 15.7 Å². The number of halogens is 1. The van der Waals surface area contributed by atoms with Crippen LogP contribution in [0.3, 0.4) is 0 Å². The molecule has 0 amide bonds. The third-order valence-electron chi connectivity index (χ3n) is 2.75. The first kappa shape index (κ1) is 14.0. The molecule has 0 saturated heterocycles. The van der Waals surface area contributed by atoms with Crippen LogP contribution >= 0.6 is 27.3 Å². The smallest absolute Gasteiger partial charge is 0.274 e. The molecule has 0 saturated carbocycles. The number of thiophene rings is 1. The van der Waals surface area contributed by atoms with Gasteiger partial charge in [-0.05, 0) is 34.5 Å². The number of nitrogens with zero attached hydrogens (tertiary/aromatic N) is 1. The monoisotopic (exact) mass is 340 g/mol. The Bertz CT molecular complexity index is 598. The molecule has 0 aliphatic heterocycles. The topological polar surface area (TPSA) is 55.2 Å². The minimum atomic E-state index is -0.328. The number of anilines is 1. The Kier molecular flexibility index (Phi) is 4.55. The average molecular weight is 341 g/mol. The molecule has 6 heteroatoms. The third kappa shape index (κ3) is 3.54. The predicted molar refractivity (Wildman–Crippen MR) is 81.8 cm³/mol. The van der Waals surface area contributed by atoms with E-state index in [9.17, 15) is 10.1 Å². The number of nitro benzene ring substituents is 1. The van der Waals surface area contributed by atoms with Gasteiger partial charge in [-0.2, -0.15) is 0 Å². The molecule has 1 N–H and O–H groups in total. The second kappa shape index (κ2) is 6.16. The van der Waals surface area contributed by atoms with Gasteiger partial charge in [0.15, 0.2) is 0 Å². The highest BCUT2D eigenvalue weighted by molar-refractivity contribution is 9.10. The summed E-state index contributed by atoms with van der Waals surface area (Å²) in [4.78, 5) is 11.8. The molecule has 0 bridgehead atoms. The highest BCUT2D eigenvalue weighted by atomic mass is 79.9. The molecule has 2 rings (SSSR count). The summed E-state index contributed by atoms with van der Waals surface area (Å²) in [5, 5.41) is 16.2. The molecule has 2 aromatic rings. The number of benzene rings is 1. The van der Waals surface area contributed by atoms with Gasteiger partial charge >= 0.3 is 0 Å². The molecule has 0 aliphatic carbocycles. The summed E-state index contributed by atoms with van der Waals surface area (Å²) >= 11 is 5.04. The zero-order valence-electron chi connectivity index (χ0n) is 10.4. The Balaban J connectivity index is 2.12. The summed E-state index contributed by atoms with van der Waals surface area (Å²) < 4.78 is 1.06. The first-order valence-electron chi connectivity index (χ1n) is 5.84. The van der Waals surface area contributed by atoms with E-state index < -0.39 is 0 Å². The van der Waals surface area contributed by atoms with E-state index in [4.69, 9.17) is 0 Å². The maximum absolute atomic E-state index is 11.0. The van der Waals surface area contributed by atoms with Gasteiger partial charge in [0, 0.05) is 38.6 Å². The summed E-state index contributed by atoms with van der Waals surface area (Å²) in [6.45, 7) is 2.58. The maximum atomic E-state index is 11.0. The minimum Gasteiger partial charge on any atom is -0.380 e. The standard InChI is InChI=1S/C13H13BrN2O2S/c1-2-9-3-4-11(6-13(9)16(17)18)15-7-12-5-10(14)8-19-12/h3-6,8,15H,2,7H2,1H3. The molecule has 19 heavy (non-hydrogen) atoms. The lowest BCUT2D eigenvalue weighted by atomic mass is 10.1. The summed E-state index contributed by atoms with van der Waals surface area (Å²) in [6.07, 6.45) is 0.661. The van der Waals surface area contributed by atoms with E-state index in [1.54, 1.807) is 17.4 Å². The summed E-state index contributed by atoms with van der Waals surface area (Å²) in [7, 11) is 0. The Hall–Kier alpha value is -1.40. The van der Waals surface area contributed by atoms with Crippen molar-refractivity contribution in [1.82, 2.24) is 0 Å². The van der Waals surface area contributed by atoms with Crippen LogP contribution in [0.5, 0.6) is 0 Å². The number of aryl methyl sites for hydroxylation is 1. The molecule has 0 unspecified atom stereocenters. The summed E-state index contributed by atoms with van der Waals surface area (Å²) in [5.41, 5.74) is 1.71. The van der Waals surface area contributed by atoms with Crippen molar-refractivity contribution in [1.29, 1.82) is 0 Å². The zero-order valence-corrected chi connectivity index (χ0v) is 12.8. The Morgan fingerprint density at radius 1 is 1.42 bits per heavy atom. The molecule has 0 spiro atoms. The molecule has 1 heterocycles. The second-order valence-corrected chi connectivity index (χ2v) is 5.95. The van der Waals surface area contributed by atoms with Crippen molar-refractivity contribution >= 4 is 38.6 Å². The minimum absolute atomic E-state index is 0.180. The van der Waals surface area contributed by atoms with Crippen LogP contribution in [0.25, 0.3) is 0 Å². The van der Waals surface area contributed by atoms with Crippen LogP contribution in [0.15, 0.2) is 34.1 Å². The van der Waals surface area contributed by atoms with Crippen LogP contribution in [0.2, 0.25) is 0 Å². The normalized spacial score (nSPS) is 10.4. The first-order valence-corrected chi connectivity index (χ1v) is 7.51. The number of nitro groups is 1. The summed E-state index contributed by atoms with van der Waals surface area (Å²) in [6, 6.07) is 7.33. The lowest BCUT2D eigenvalue weighted by molar-refractivity contribution is -0.385. The van der Waals surface area contributed by atoms with E-state index in [-0.39, 0.29) is 10.6 Å². The lowest BCUT2D eigenvalue weighted by Gasteiger charge is -2.06. The zero-order chi connectivity index (χ0) is 13.8. The Morgan fingerprint density at radius 2 is 2.21 bits per heavy atom. The Morgan fingerprint density at radius 3 is 2.79 bits per heavy atom. The largest absolute Gasteiger partial charge is 0.380 e. The van der Waals surface area contributed by atoms with Crippen molar-refractivity contribution in [3.63, 3.8) is 0 Å². The highest BCUT2D eigenvalue weighted by Gasteiger charge is 2.12. The van der Waals surface area contributed by atoms with Crippen LogP contribution < -0.4 is 5.32 Å². The number of nitrogens with one attached hydrogen (secondary N) is 1. The van der Waals surface area contributed by atoms with E-state index in [0.29, 0.717) is 13.0 Å². The van der Waals surface area contributed by atoms with E-state index in [2.05, 4.69) is 21.2 Å². The van der Waals surface area contributed by atoms with E-state index in [1.165, 1.54) is 4.88 Å². The van der Waals surface area contributed by atoms with E-state index >= 15 is 0 Å². The van der Waals surface area contributed by atoms with Gasteiger partial charge in [0.2, 0.25) is 0 Å². The highest BCUT2D eigenvalue weighted by Crippen LogP contribution is 2.25. The molecule has 4 nitrogen and oxygen atoms in total. The number of hydrogen-bond donors (Lipinski definition) is 1. The second-order valence-electron chi connectivity index (χ2n) is 4.04. The Labute approximate surface area is 123 Å². The molecule has 1 aromatic carbocycles. The van der Waals surface area contributed by atoms with Gasteiger partial charge in [-0.15, -0.1) is 11.3 Å². The van der Waals surface area contributed by atoms with Crippen LogP contribution in [-0.2, 0) is 13.0 Å². The van der Waals surface area contributed by atoms with Crippen molar-refractivity contribution < 1.29 is 4.92 Å². The molecule has 0 radical (unpaired) electrons. The molecular weight excluding hydrogens is 328 g/mol. The van der Waals surface area contributed by atoms with Crippen LogP contribution in [0.4, 0.5) is 11.4 Å². The average Bonchev–Trinajstić information content (AvgIpc) is 2.81. The van der Waals surface area contributed by atoms with Crippen molar-refractivity contribution in [2.45, 2.75) is 19.9 Å². The molecule has 0 fully saturated rings. The van der Waals surface area contributed by atoms with Crippen LogP contribution in [0, 0.1) is 10.1 Å². The van der Waals surface area contributed by atoms with Gasteiger partial charge < -0.3 is 5.32 Å². The molecule has 0 atom stereocenters. The fourth-order valence-corrected chi connectivity index (χ4v) is 3.17. The maximum Gasteiger partial charge on any atom is 0.274 e. The van der Waals surface area contributed by atoms with Crippen molar-refractivity contribution in [3.8, 4) is 0 Å². The van der Waals surface area contributed by atoms with Crippen molar-refractivity contribution in [2.24, 2.45) is 0 Å². The van der Waals surface area contributed by atoms with Gasteiger partial charge in [-0.25, -0.2) is 0 Å². The first-order chi connectivity index (χ1) is 9.10. The number of hydrogen-bond acceptors (Lipinski definition) is 4. The van der Waals surface area contributed by atoms with Crippen LogP contribution in [-0.4, -0.2) is 4.92 Å². The summed E-state index contributed by atoms with van der Waals surface area (Å²) in [5.74, 6) is 0. The van der Waals surface area contributed by atoms with Gasteiger partial charge in [0.1, 0.15) is 0 Å². The third-order valence-corrected chi connectivity index (χ3v) is 4.45. The lowest BCUT2D eigenvalue weighted by Crippen LogP contribution is -2.00. The van der Waals surface area contributed by atoms with Crippen molar-refractivity contribution in [2.75, 3.05) is 5.32 Å². The molecule has 100 valence electrons. The fraction of sp³-hybridized carbons (Fsp3) is 0.231. The SMILES string of the molecule is CCc1ccc(NCc2cc(Br)cs2)cc1[N+](=O)[O-]. The van der Waals surface area contributed by atoms with Crippen LogP contribution in [0.1, 0.15) is 17.4 Å².